The monoisotopic (exact) mass is 474 g/mol. The van der Waals surface area contributed by atoms with Crippen molar-refractivity contribution in [2.45, 2.75) is 75.9 Å². The molecule has 0 aromatic heterocycles. The number of rotatable bonds is 10. The molecule has 2 aliphatic rings. The first kappa shape index (κ1) is 25.8. The van der Waals surface area contributed by atoms with Crippen LogP contribution in [-0.2, 0) is 15.7 Å². The molecule has 1 aromatic rings. The zero-order valence-corrected chi connectivity index (χ0v) is 18.5. The van der Waals surface area contributed by atoms with Gasteiger partial charge < -0.3 is 24.8 Å². The van der Waals surface area contributed by atoms with Gasteiger partial charge in [-0.05, 0) is 74.5 Å². The molecule has 0 radical (unpaired) electrons. The highest BCUT2D eigenvalue weighted by Gasteiger charge is 2.44. The molecule has 1 saturated heterocycles. The van der Waals surface area contributed by atoms with E-state index in [1.807, 2.05) is 0 Å². The summed E-state index contributed by atoms with van der Waals surface area (Å²) in [7, 11) is 0. The van der Waals surface area contributed by atoms with Crippen LogP contribution in [0.1, 0.15) is 56.9 Å². The molecule has 33 heavy (non-hydrogen) atoms. The Kier molecular flexibility index (Phi) is 9.01. The Morgan fingerprint density at radius 1 is 1.24 bits per heavy atom. The number of halogens is 3. The van der Waals surface area contributed by atoms with Gasteiger partial charge in [-0.3, -0.25) is 4.79 Å². The number of carbonyl (C=O) groups is 1. The number of ether oxygens (including phenoxy) is 2. The average Bonchev–Trinajstić information content (AvgIpc) is 2.91. The fraction of sp³-hybridized carbons (Fsp3) is 0.708. The molecule has 0 bridgehead atoms. The first-order valence-corrected chi connectivity index (χ1v) is 11.6. The summed E-state index contributed by atoms with van der Waals surface area (Å²) in [5.41, 5.74) is -0.802. The lowest BCUT2D eigenvalue weighted by molar-refractivity contribution is -0.138. The van der Waals surface area contributed by atoms with E-state index in [2.05, 4.69) is 0 Å². The van der Waals surface area contributed by atoms with Gasteiger partial charge >= 0.3 is 12.1 Å². The summed E-state index contributed by atoms with van der Waals surface area (Å²) < 4.78 is 49.9. The molecule has 1 aromatic carbocycles. The van der Waals surface area contributed by atoms with Crippen molar-refractivity contribution >= 4 is 5.97 Å². The van der Waals surface area contributed by atoms with Crippen LogP contribution in [0.5, 0.6) is 5.75 Å². The standard InChI is InChI=1S/C24H33F3O6/c25-24(26,27)16-4-2-5-18(11-16)32-14-17(28)8-10-19-20-9-7-15(3-1-6-23(30)31)13-33-22(20)12-21(19)29/h2,4-5,11,15,17,19-22,28-29H,1,3,6-10,12-14H2,(H,30,31)/t15-,17+,19+,20+,21-,22-/m0/s1. The number of carboxylic acid groups (broad SMARTS) is 1. The first-order valence-electron chi connectivity index (χ1n) is 11.6. The fourth-order valence-corrected chi connectivity index (χ4v) is 5.11. The van der Waals surface area contributed by atoms with Gasteiger partial charge in [0.25, 0.3) is 0 Å². The summed E-state index contributed by atoms with van der Waals surface area (Å²) in [6.45, 7) is 0.452. The summed E-state index contributed by atoms with van der Waals surface area (Å²) in [5, 5.41) is 29.7. The molecule has 6 nitrogen and oxygen atoms in total. The van der Waals surface area contributed by atoms with Crippen molar-refractivity contribution in [3.63, 3.8) is 0 Å². The van der Waals surface area contributed by atoms with Gasteiger partial charge in [-0.25, -0.2) is 0 Å². The minimum Gasteiger partial charge on any atom is -0.491 e. The van der Waals surface area contributed by atoms with Gasteiger partial charge in [0.1, 0.15) is 12.4 Å². The predicted molar refractivity (Wildman–Crippen MR) is 114 cm³/mol. The van der Waals surface area contributed by atoms with Crippen LogP contribution < -0.4 is 4.74 Å². The summed E-state index contributed by atoms with van der Waals surface area (Å²) in [4.78, 5) is 10.7. The van der Waals surface area contributed by atoms with E-state index < -0.39 is 29.9 Å². The second-order valence-corrected chi connectivity index (χ2v) is 9.30. The molecule has 3 rings (SSSR count). The van der Waals surface area contributed by atoms with Crippen LogP contribution in [-0.4, -0.2) is 52.8 Å². The van der Waals surface area contributed by atoms with Crippen LogP contribution in [0.25, 0.3) is 0 Å². The van der Waals surface area contributed by atoms with Crippen LogP contribution in [0, 0.1) is 17.8 Å². The third-order valence-electron chi connectivity index (χ3n) is 6.89. The molecular weight excluding hydrogens is 441 g/mol. The Morgan fingerprint density at radius 2 is 2.03 bits per heavy atom. The van der Waals surface area contributed by atoms with Gasteiger partial charge in [0.2, 0.25) is 0 Å². The smallest absolute Gasteiger partial charge is 0.416 e. The van der Waals surface area contributed by atoms with E-state index in [4.69, 9.17) is 14.6 Å². The highest BCUT2D eigenvalue weighted by atomic mass is 19.4. The number of fused-ring (bicyclic) bond motifs is 1. The second-order valence-electron chi connectivity index (χ2n) is 9.30. The molecule has 1 saturated carbocycles. The molecule has 0 amide bonds. The zero-order valence-electron chi connectivity index (χ0n) is 18.5. The normalized spacial score (nSPS) is 28.7. The van der Waals surface area contributed by atoms with Crippen LogP contribution in [0.4, 0.5) is 13.2 Å². The number of aliphatic hydroxyl groups is 2. The quantitative estimate of drug-likeness (QED) is 0.469. The molecule has 1 heterocycles. The first-order chi connectivity index (χ1) is 15.6. The number of benzene rings is 1. The minimum absolute atomic E-state index is 0.0176. The molecule has 2 fully saturated rings. The van der Waals surface area contributed by atoms with Crippen molar-refractivity contribution in [2.24, 2.45) is 17.8 Å². The van der Waals surface area contributed by atoms with E-state index in [0.717, 1.165) is 31.4 Å². The van der Waals surface area contributed by atoms with Crippen molar-refractivity contribution in [1.29, 1.82) is 0 Å². The Hall–Kier alpha value is -1.84. The van der Waals surface area contributed by atoms with Crippen LogP contribution in [0.15, 0.2) is 24.3 Å². The lowest BCUT2D eigenvalue weighted by Gasteiger charge is -2.24. The van der Waals surface area contributed by atoms with Crippen molar-refractivity contribution < 1.29 is 42.8 Å². The highest BCUT2D eigenvalue weighted by Crippen LogP contribution is 2.43. The summed E-state index contributed by atoms with van der Waals surface area (Å²) in [6, 6.07) is 4.56. The van der Waals surface area contributed by atoms with E-state index in [9.17, 15) is 28.2 Å². The molecular formula is C24H33F3O6. The Morgan fingerprint density at radius 3 is 2.76 bits per heavy atom. The van der Waals surface area contributed by atoms with E-state index in [1.165, 1.54) is 12.1 Å². The largest absolute Gasteiger partial charge is 0.491 e. The molecule has 0 spiro atoms. The van der Waals surface area contributed by atoms with Crippen molar-refractivity contribution in [1.82, 2.24) is 0 Å². The van der Waals surface area contributed by atoms with Gasteiger partial charge in [0.05, 0.1) is 23.9 Å². The van der Waals surface area contributed by atoms with E-state index in [0.29, 0.717) is 38.2 Å². The van der Waals surface area contributed by atoms with Gasteiger partial charge in [-0.15, -0.1) is 0 Å². The number of carboxylic acids is 1. The Bertz CT molecular complexity index is 771. The lowest BCUT2D eigenvalue weighted by atomic mass is 9.84. The number of hydrogen-bond donors (Lipinski definition) is 3. The molecule has 3 N–H and O–H groups in total. The van der Waals surface area contributed by atoms with Gasteiger partial charge in [-0.1, -0.05) is 6.07 Å². The van der Waals surface area contributed by atoms with Gasteiger partial charge in [-0.2, -0.15) is 13.2 Å². The number of hydrogen-bond acceptors (Lipinski definition) is 5. The van der Waals surface area contributed by atoms with E-state index >= 15 is 0 Å². The van der Waals surface area contributed by atoms with Crippen molar-refractivity contribution in [2.75, 3.05) is 13.2 Å². The van der Waals surface area contributed by atoms with Gasteiger partial charge in [0, 0.05) is 19.4 Å². The maximum Gasteiger partial charge on any atom is 0.416 e. The fourth-order valence-electron chi connectivity index (χ4n) is 5.11. The zero-order chi connectivity index (χ0) is 24.0. The lowest BCUT2D eigenvalue weighted by Crippen LogP contribution is -2.25. The predicted octanol–water partition coefficient (Wildman–Crippen LogP) is 4.27. The third kappa shape index (κ3) is 7.58. The summed E-state index contributed by atoms with van der Waals surface area (Å²) in [5.74, 6) is -0.257. The Labute approximate surface area is 191 Å². The van der Waals surface area contributed by atoms with Crippen LogP contribution >= 0.6 is 0 Å². The minimum atomic E-state index is -4.46. The second kappa shape index (κ2) is 11.5. The molecule has 1 aliphatic heterocycles. The number of alkyl halides is 3. The Balaban J connectivity index is 1.45. The third-order valence-corrected chi connectivity index (χ3v) is 6.89. The van der Waals surface area contributed by atoms with Crippen molar-refractivity contribution in [3.05, 3.63) is 29.8 Å². The topological polar surface area (TPSA) is 96.2 Å². The number of aliphatic carboxylic acids is 1. The van der Waals surface area contributed by atoms with Crippen molar-refractivity contribution in [3.8, 4) is 5.75 Å². The van der Waals surface area contributed by atoms with E-state index in [1.54, 1.807) is 0 Å². The summed E-state index contributed by atoms with van der Waals surface area (Å²) >= 11 is 0. The molecule has 9 heteroatoms. The maximum absolute atomic E-state index is 12.8. The summed E-state index contributed by atoms with van der Waals surface area (Å²) in [6.07, 6.45) is -0.967. The van der Waals surface area contributed by atoms with Gasteiger partial charge in [0.15, 0.2) is 0 Å². The molecule has 1 aliphatic carbocycles. The number of aliphatic hydroxyl groups excluding tert-OH is 2. The average molecular weight is 475 g/mol. The maximum atomic E-state index is 12.8. The molecule has 6 atom stereocenters. The van der Waals surface area contributed by atoms with Crippen LogP contribution in [0.2, 0.25) is 0 Å². The molecule has 186 valence electrons. The highest BCUT2D eigenvalue weighted by molar-refractivity contribution is 5.66. The van der Waals surface area contributed by atoms with E-state index in [-0.39, 0.29) is 36.7 Å². The molecule has 0 unspecified atom stereocenters. The SMILES string of the molecule is O=C(O)CCC[C@H]1CC[C@@H]2[C@@H](CC[C@@H](O)COc3cccc(C(F)(F)F)c3)[C@@H](O)C[C@@H]2OC1. The van der Waals surface area contributed by atoms with Crippen LogP contribution in [0.3, 0.4) is 0 Å².